The Hall–Kier alpha value is -5.66. The van der Waals surface area contributed by atoms with Crippen molar-refractivity contribution in [2.24, 2.45) is 21.4 Å². The number of carbonyl (C=O) groups is 3. The normalized spacial score (nSPS) is 24.4. The van der Waals surface area contributed by atoms with Crippen molar-refractivity contribution in [1.29, 1.82) is 0 Å². The minimum Gasteiger partial charge on any atom is -0.271 e. The van der Waals surface area contributed by atoms with E-state index in [1.165, 1.54) is 53.5 Å². The number of carbonyl (C=O) groups excluding carboxylic acids is 3. The maximum atomic E-state index is 14.0. The van der Waals surface area contributed by atoms with Gasteiger partial charge in [0.25, 0.3) is 23.4 Å². The zero-order valence-electron chi connectivity index (χ0n) is 24.1. The third-order valence-corrected chi connectivity index (χ3v) is 8.65. The number of non-ortho nitro benzene ring substituents is 1. The van der Waals surface area contributed by atoms with Gasteiger partial charge in [0.2, 0.25) is 0 Å². The van der Waals surface area contributed by atoms with Crippen molar-refractivity contribution < 1.29 is 28.1 Å². The molecule has 12 nitrogen and oxygen atoms in total. The summed E-state index contributed by atoms with van der Waals surface area (Å²) in [6.07, 6.45) is 4.16. The number of nitro groups is 1. The number of anilines is 1. The second-order valence-corrected chi connectivity index (χ2v) is 11.4. The van der Waals surface area contributed by atoms with Gasteiger partial charge in [-0.15, -0.1) is 0 Å². The second-order valence-electron chi connectivity index (χ2n) is 11.4. The Morgan fingerprint density at radius 1 is 0.935 bits per heavy atom. The summed E-state index contributed by atoms with van der Waals surface area (Å²) >= 11 is 0. The fourth-order valence-electron chi connectivity index (χ4n) is 6.50. The van der Waals surface area contributed by atoms with Crippen LogP contribution in [0.1, 0.15) is 36.4 Å². The van der Waals surface area contributed by atoms with E-state index in [1.807, 2.05) is 6.08 Å². The van der Waals surface area contributed by atoms with E-state index in [0.29, 0.717) is 17.7 Å². The van der Waals surface area contributed by atoms with Gasteiger partial charge < -0.3 is 0 Å². The number of allylic oxidation sites excluding steroid dienone is 1. The molecule has 0 unspecified atom stereocenters. The van der Waals surface area contributed by atoms with Crippen LogP contribution in [0.5, 0.6) is 0 Å². The van der Waals surface area contributed by atoms with Gasteiger partial charge in [-0.2, -0.15) is 10.2 Å². The number of rotatable bonds is 6. The number of imide groups is 1. The first-order valence-corrected chi connectivity index (χ1v) is 14.6. The van der Waals surface area contributed by atoms with Crippen LogP contribution in [-0.4, -0.2) is 57.0 Å². The lowest BCUT2D eigenvalue weighted by atomic mass is 9.77. The lowest BCUT2D eigenvalue weighted by Crippen LogP contribution is -2.45. The number of hydrazone groups is 1. The van der Waals surface area contributed by atoms with Crippen LogP contribution in [0.4, 0.5) is 20.2 Å². The lowest BCUT2D eigenvalue weighted by Gasteiger charge is -2.30. The number of benzene rings is 3. The topological polar surface area (TPSA) is 141 Å². The highest BCUT2D eigenvalue weighted by atomic mass is 19.1. The van der Waals surface area contributed by atoms with E-state index in [1.54, 1.807) is 24.3 Å². The predicted octanol–water partition coefficient (Wildman–Crippen LogP) is 4.99. The minimum absolute atomic E-state index is 0.142. The summed E-state index contributed by atoms with van der Waals surface area (Å²) < 4.78 is 27.4. The van der Waals surface area contributed by atoms with E-state index in [2.05, 4.69) is 10.3 Å². The molecular weight excluding hydrogens is 600 g/mol. The van der Waals surface area contributed by atoms with Crippen molar-refractivity contribution in [3.8, 4) is 0 Å². The molecule has 0 spiro atoms. The predicted molar refractivity (Wildman–Crippen MR) is 160 cm³/mol. The van der Waals surface area contributed by atoms with Gasteiger partial charge in [-0.05, 0) is 78.4 Å². The molecule has 4 aliphatic rings. The highest BCUT2D eigenvalue weighted by Gasteiger charge is 2.55. The molecule has 232 valence electrons. The second kappa shape index (κ2) is 11.4. The molecule has 3 amide bonds. The molecule has 3 heterocycles. The van der Waals surface area contributed by atoms with Gasteiger partial charge in [0, 0.05) is 18.1 Å². The number of nitro benzene ring substituents is 1. The number of fused-ring (bicyclic) bond motifs is 2. The third kappa shape index (κ3) is 5.01. The molecule has 1 aliphatic carbocycles. The molecule has 7 rings (SSSR count). The Labute approximate surface area is 260 Å². The first-order chi connectivity index (χ1) is 22.2. The molecule has 0 bridgehead atoms. The molecular formula is C32H25F2N7O5. The first kappa shape index (κ1) is 29.1. The molecule has 4 atom stereocenters. The van der Waals surface area contributed by atoms with Gasteiger partial charge in [-0.3, -0.25) is 29.5 Å². The van der Waals surface area contributed by atoms with Crippen LogP contribution in [0.2, 0.25) is 0 Å². The maximum Gasteiger partial charge on any atom is 0.269 e. The largest absolute Gasteiger partial charge is 0.271 e. The average molecular weight is 626 g/mol. The zero-order chi connectivity index (χ0) is 32.1. The minimum atomic E-state index is -1.18. The van der Waals surface area contributed by atoms with Crippen molar-refractivity contribution >= 4 is 40.9 Å². The summed E-state index contributed by atoms with van der Waals surface area (Å²) in [4.78, 5) is 52.0. The molecule has 46 heavy (non-hydrogen) atoms. The van der Waals surface area contributed by atoms with Crippen LogP contribution >= 0.6 is 0 Å². The summed E-state index contributed by atoms with van der Waals surface area (Å²) in [5.41, 5.74) is 3.02. The Balaban J connectivity index is 1.17. The van der Waals surface area contributed by atoms with Gasteiger partial charge >= 0.3 is 0 Å². The van der Waals surface area contributed by atoms with E-state index in [0.717, 1.165) is 33.9 Å². The fraction of sp³-hybridized carbons (Fsp3) is 0.250. The zero-order valence-corrected chi connectivity index (χ0v) is 24.1. The standard InChI is InChI=1S/C32H25F2N7O5/c33-21-8-4-18(5-9-21)16-20-2-1-3-25-27(20)36-40(29(25)19-6-10-22(34)11-7-19)26(42)17-38-30-28(35-37-38)31(43)39(32(30)44)23-12-14-24(15-13-23)41(45)46/h4-16,25,28-30H,1-3,17H2/b20-16+/t25-,28+,29+,30-/m1/s1. The molecule has 1 saturated carbocycles. The smallest absolute Gasteiger partial charge is 0.269 e. The highest BCUT2D eigenvalue weighted by Crippen LogP contribution is 2.45. The van der Waals surface area contributed by atoms with Crippen molar-refractivity contribution in [1.82, 2.24) is 10.0 Å². The molecule has 2 fully saturated rings. The van der Waals surface area contributed by atoms with Crippen LogP contribution in [0.3, 0.4) is 0 Å². The molecule has 3 aliphatic heterocycles. The number of hydrogen-bond acceptors (Lipinski definition) is 9. The third-order valence-electron chi connectivity index (χ3n) is 8.65. The van der Waals surface area contributed by atoms with Gasteiger partial charge in [-0.25, -0.2) is 18.7 Å². The SMILES string of the molecule is O=C1[C@H]2N=NN(CC(=O)N3N=C4/C(=C/c5ccc(F)cc5)CCC[C@H]4[C@@H]3c3ccc(F)cc3)[C@H]2C(=O)N1c1ccc([N+](=O)[O-])cc1. The Bertz CT molecular complexity index is 1840. The lowest BCUT2D eigenvalue weighted by molar-refractivity contribution is -0.384. The fourth-order valence-corrected chi connectivity index (χ4v) is 6.50. The monoisotopic (exact) mass is 625 g/mol. The van der Waals surface area contributed by atoms with E-state index < -0.39 is 53.1 Å². The van der Waals surface area contributed by atoms with Crippen molar-refractivity contribution in [2.45, 2.75) is 37.4 Å². The van der Waals surface area contributed by atoms with Crippen LogP contribution in [0.25, 0.3) is 6.08 Å². The van der Waals surface area contributed by atoms with Crippen molar-refractivity contribution in [3.05, 3.63) is 111 Å². The van der Waals surface area contributed by atoms with Gasteiger partial charge in [0.1, 0.15) is 18.2 Å². The summed E-state index contributed by atoms with van der Waals surface area (Å²) in [5.74, 6) is -2.81. The number of hydrogen-bond donors (Lipinski definition) is 0. The number of amides is 3. The molecule has 14 heteroatoms. The van der Waals surface area contributed by atoms with E-state index >= 15 is 0 Å². The Morgan fingerprint density at radius 2 is 1.61 bits per heavy atom. The van der Waals surface area contributed by atoms with Crippen molar-refractivity contribution in [2.75, 3.05) is 11.4 Å². The van der Waals surface area contributed by atoms with Crippen LogP contribution in [-0.2, 0) is 14.4 Å². The van der Waals surface area contributed by atoms with Crippen LogP contribution in [0.15, 0.2) is 93.8 Å². The number of nitrogens with zero attached hydrogens (tertiary/aromatic N) is 7. The van der Waals surface area contributed by atoms with E-state index in [9.17, 15) is 33.3 Å². The molecule has 0 radical (unpaired) electrons. The van der Waals surface area contributed by atoms with Crippen LogP contribution < -0.4 is 4.90 Å². The molecule has 0 aromatic heterocycles. The molecule has 3 aromatic carbocycles. The maximum absolute atomic E-state index is 14.0. The quantitative estimate of drug-likeness (QED) is 0.215. The molecule has 3 aromatic rings. The van der Waals surface area contributed by atoms with Crippen molar-refractivity contribution in [3.63, 3.8) is 0 Å². The summed E-state index contributed by atoms with van der Waals surface area (Å²) in [6.45, 7) is -0.421. The highest BCUT2D eigenvalue weighted by molar-refractivity contribution is 6.25. The number of halogens is 2. The van der Waals surface area contributed by atoms with Gasteiger partial charge in [-0.1, -0.05) is 29.5 Å². The van der Waals surface area contributed by atoms with Gasteiger partial charge in [0.05, 0.1) is 22.4 Å². The summed E-state index contributed by atoms with van der Waals surface area (Å²) in [6, 6.07) is 14.0. The van der Waals surface area contributed by atoms with Gasteiger partial charge in [0.15, 0.2) is 12.1 Å². The average Bonchev–Trinajstić information content (AvgIpc) is 3.72. The van der Waals surface area contributed by atoms with E-state index in [-0.39, 0.29) is 23.1 Å². The summed E-state index contributed by atoms with van der Waals surface area (Å²) in [5, 5.41) is 26.3. The van der Waals surface area contributed by atoms with Crippen LogP contribution in [0, 0.1) is 27.7 Å². The summed E-state index contributed by atoms with van der Waals surface area (Å²) in [7, 11) is 0. The Morgan fingerprint density at radius 3 is 2.28 bits per heavy atom. The molecule has 0 N–H and O–H groups in total. The molecule has 1 saturated heterocycles. The Kier molecular flexibility index (Phi) is 7.18. The first-order valence-electron chi connectivity index (χ1n) is 14.6. The van der Waals surface area contributed by atoms with E-state index in [4.69, 9.17) is 5.10 Å².